The van der Waals surface area contributed by atoms with E-state index < -0.39 is 5.91 Å². The topological polar surface area (TPSA) is 91.5 Å². The lowest BCUT2D eigenvalue weighted by Gasteiger charge is -2.19. The Morgan fingerprint density at radius 1 is 1.06 bits per heavy atom. The number of aromatic hydroxyl groups is 2. The molecule has 0 aliphatic carbocycles. The van der Waals surface area contributed by atoms with Crippen molar-refractivity contribution in [3.63, 3.8) is 0 Å². The first-order valence-electron chi connectivity index (χ1n) is 9.45. The van der Waals surface area contributed by atoms with E-state index in [1.165, 1.54) is 11.0 Å². The summed E-state index contributed by atoms with van der Waals surface area (Å²) in [5.41, 5.74) is 2.40. The molecule has 2 heterocycles. The number of hydrogen-bond donors (Lipinski definition) is 2. The molecule has 0 aliphatic rings. The van der Waals surface area contributed by atoms with Gasteiger partial charge in [0.15, 0.2) is 0 Å². The van der Waals surface area contributed by atoms with E-state index in [0.717, 1.165) is 11.6 Å². The largest absolute Gasteiger partial charge is 0.507 e. The third-order valence-electron chi connectivity index (χ3n) is 4.83. The van der Waals surface area contributed by atoms with Crippen LogP contribution in [0.5, 0.6) is 11.5 Å². The number of para-hydroxylation sites is 1. The van der Waals surface area contributed by atoms with Gasteiger partial charge in [0.1, 0.15) is 11.5 Å². The Morgan fingerprint density at radius 3 is 2.61 bits per heavy atom. The lowest BCUT2D eigenvalue weighted by Crippen LogP contribution is -2.26. The van der Waals surface area contributed by atoms with Crippen LogP contribution in [0.25, 0.3) is 16.9 Å². The highest BCUT2D eigenvalue weighted by Crippen LogP contribution is 2.37. The molecule has 7 nitrogen and oxygen atoms in total. The van der Waals surface area contributed by atoms with Gasteiger partial charge in [-0.05, 0) is 35.9 Å². The van der Waals surface area contributed by atoms with Gasteiger partial charge in [0.2, 0.25) is 0 Å². The minimum Gasteiger partial charge on any atom is -0.507 e. The highest BCUT2D eigenvalue weighted by Gasteiger charge is 2.21. The van der Waals surface area contributed by atoms with Gasteiger partial charge in [0, 0.05) is 37.6 Å². The molecule has 4 rings (SSSR count). The molecule has 1 amide bonds. The van der Waals surface area contributed by atoms with Gasteiger partial charge in [-0.25, -0.2) is 4.68 Å². The summed E-state index contributed by atoms with van der Waals surface area (Å²) in [6.07, 6.45) is 4.90. The molecule has 0 spiro atoms. The second kappa shape index (κ2) is 8.49. The van der Waals surface area contributed by atoms with Gasteiger partial charge in [-0.2, -0.15) is 5.10 Å². The van der Waals surface area contributed by atoms with Gasteiger partial charge >= 0.3 is 0 Å². The third-order valence-corrected chi connectivity index (χ3v) is 5.15. The lowest BCUT2D eigenvalue weighted by molar-refractivity contribution is 0.0782. The SMILES string of the molecule is CN(Cc1cccnc1)C(=O)c1cc(-c2ccnn2-c2ccccc2Cl)c(O)cc1O. The number of amides is 1. The maximum atomic E-state index is 13.0. The summed E-state index contributed by atoms with van der Waals surface area (Å²) in [6, 6.07) is 15.1. The number of pyridine rings is 1. The first kappa shape index (κ1) is 20.4. The maximum absolute atomic E-state index is 13.0. The minimum absolute atomic E-state index is 0.0612. The highest BCUT2D eigenvalue weighted by molar-refractivity contribution is 6.32. The molecular weight excluding hydrogens is 416 g/mol. The standard InChI is InChI=1S/C23H19ClN4O3/c1-27(14-15-5-4-9-25-13-15)23(31)17-11-16(21(29)12-22(17)30)19-8-10-26-28(19)20-7-3-2-6-18(20)24/h2-13,29-30H,14H2,1H3. The average Bonchev–Trinajstić information content (AvgIpc) is 3.23. The van der Waals surface area contributed by atoms with E-state index >= 15 is 0 Å². The number of phenolic OH excluding ortho intramolecular Hbond substituents is 2. The van der Waals surface area contributed by atoms with Gasteiger partial charge in [0.25, 0.3) is 5.91 Å². The van der Waals surface area contributed by atoms with Gasteiger partial charge < -0.3 is 15.1 Å². The Hall–Kier alpha value is -3.84. The summed E-state index contributed by atoms with van der Waals surface area (Å²) in [6.45, 7) is 0.319. The molecular formula is C23H19ClN4O3. The molecule has 0 bridgehead atoms. The van der Waals surface area contributed by atoms with Crippen molar-refractivity contribution in [3.8, 4) is 28.4 Å². The molecule has 0 fully saturated rings. The zero-order valence-corrected chi connectivity index (χ0v) is 17.4. The third kappa shape index (κ3) is 4.08. The molecule has 4 aromatic rings. The molecule has 0 unspecified atom stereocenters. The van der Waals surface area contributed by atoms with Crippen LogP contribution in [0.4, 0.5) is 0 Å². The molecule has 0 aliphatic heterocycles. The van der Waals surface area contributed by atoms with Crippen LogP contribution in [0.15, 0.2) is 73.2 Å². The second-order valence-corrected chi connectivity index (χ2v) is 7.40. The van der Waals surface area contributed by atoms with Crippen molar-refractivity contribution in [2.45, 2.75) is 6.54 Å². The number of carbonyl (C=O) groups excluding carboxylic acids is 1. The molecule has 2 N–H and O–H groups in total. The molecule has 0 radical (unpaired) electrons. The fourth-order valence-electron chi connectivity index (χ4n) is 3.32. The van der Waals surface area contributed by atoms with Crippen molar-refractivity contribution < 1.29 is 15.0 Å². The Kier molecular flexibility index (Phi) is 5.60. The van der Waals surface area contributed by atoms with Gasteiger partial charge in [-0.1, -0.05) is 29.8 Å². The predicted octanol–water partition coefficient (Wildman–Crippen LogP) is 4.27. The molecule has 8 heteroatoms. The zero-order chi connectivity index (χ0) is 22.0. The van der Waals surface area contributed by atoms with Crippen LogP contribution < -0.4 is 0 Å². The van der Waals surface area contributed by atoms with E-state index in [1.807, 2.05) is 18.2 Å². The van der Waals surface area contributed by atoms with Gasteiger partial charge in [-0.3, -0.25) is 9.78 Å². The van der Waals surface area contributed by atoms with Crippen LogP contribution in [0.3, 0.4) is 0 Å². The number of aromatic nitrogens is 3. The highest BCUT2D eigenvalue weighted by atomic mass is 35.5. The number of benzene rings is 2. The normalized spacial score (nSPS) is 10.8. The quantitative estimate of drug-likeness (QED) is 0.489. The molecule has 2 aromatic heterocycles. The molecule has 2 aromatic carbocycles. The average molecular weight is 435 g/mol. The van der Waals surface area contributed by atoms with E-state index in [4.69, 9.17) is 11.6 Å². The van der Waals surface area contributed by atoms with Crippen molar-refractivity contribution in [2.24, 2.45) is 0 Å². The first-order valence-corrected chi connectivity index (χ1v) is 9.83. The number of rotatable bonds is 5. The predicted molar refractivity (Wildman–Crippen MR) is 117 cm³/mol. The van der Waals surface area contributed by atoms with Crippen molar-refractivity contribution in [1.29, 1.82) is 0 Å². The maximum Gasteiger partial charge on any atom is 0.257 e. The first-order chi connectivity index (χ1) is 15.0. The summed E-state index contributed by atoms with van der Waals surface area (Å²) >= 11 is 6.31. The number of nitrogens with zero attached hydrogens (tertiary/aromatic N) is 4. The van der Waals surface area contributed by atoms with Crippen molar-refractivity contribution in [2.75, 3.05) is 7.05 Å². The summed E-state index contributed by atoms with van der Waals surface area (Å²) in [7, 11) is 1.63. The Labute approximate surface area is 183 Å². The van der Waals surface area contributed by atoms with Crippen LogP contribution in [0.1, 0.15) is 15.9 Å². The second-order valence-electron chi connectivity index (χ2n) is 6.99. The zero-order valence-electron chi connectivity index (χ0n) is 16.6. The van der Waals surface area contributed by atoms with E-state index in [1.54, 1.807) is 54.6 Å². The van der Waals surface area contributed by atoms with Crippen LogP contribution >= 0.6 is 11.6 Å². The van der Waals surface area contributed by atoms with Crippen molar-refractivity contribution in [3.05, 3.63) is 89.3 Å². The van der Waals surface area contributed by atoms with Crippen molar-refractivity contribution in [1.82, 2.24) is 19.7 Å². The fraction of sp³-hybridized carbons (Fsp3) is 0.0870. The lowest BCUT2D eigenvalue weighted by atomic mass is 10.0. The van der Waals surface area contributed by atoms with Crippen LogP contribution in [-0.2, 0) is 6.54 Å². The number of carbonyl (C=O) groups is 1. The van der Waals surface area contributed by atoms with Gasteiger partial charge in [0.05, 0.1) is 28.2 Å². The molecule has 0 saturated carbocycles. The molecule has 156 valence electrons. The summed E-state index contributed by atoms with van der Waals surface area (Å²) in [5, 5.41) is 25.7. The van der Waals surface area contributed by atoms with Crippen LogP contribution in [0.2, 0.25) is 5.02 Å². The van der Waals surface area contributed by atoms with Gasteiger partial charge in [-0.15, -0.1) is 0 Å². The smallest absolute Gasteiger partial charge is 0.257 e. The van der Waals surface area contributed by atoms with E-state index in [9.17, 15) is 15.0 Å². The number of hydrogen-bond acceptors (Lipinski definition) is 5. The molecule has 31 heavy (non-hydrogen) atoms. The number of halogens is 1. The van der Waals surface area contributed by atoms with Crippen LogP contribution in [0, 0.1) is 0 Å². The summed E-state index contributed by atoms with van der Waals surface area (Å²) in [5.74, 6) is -0.891. The minimum atomic E-state index is -0.397. The summed E-state index contributed by atoms with van der Waals surface area (Å²) < 4.78 is 1.57. The van der Waals surface area contributed by atoms with Crippen LogP contribution in [-0.4, -0.2) is 42.8 Å². The van der Waals surface area contributed by atoms with E-state index in [0.29, 0.717) is 28.5 Å². The Bertz CT molecular complexity index is 1240. The van der Waals surface area contributed by atoms with Crippen molar-refractivity contribution >= 4 is 17.5 Å². The molecule has 0 saturated heterocycles. The van der Waals surface area contributed by atoms with E-state index in [2.05, 4.69) is 10.1 Å². The Morgan fingerprint density at radius 2 is 1.87 bits per heavy atom. The summed E-state index contributed by atoms with van der Waals surface area (Å²) in [4.78, 5) is 18.6. The fourth-order valence-corrected chi connectivity index (χ4v) is 3.54. The monoisotopic (exact) mass is 434 g/mol. The Balaban J connectivity index is 1.72. The van der Waals surface area contributed by atoms with E-state index in [-0.39, 0.29) is 17.1 Å². The number of phenols is 2. The molecule has 0 atom stereocenters.